The lowest BCUT2D eigenvalue weighted by molar-refractivity contribution is -0.424. The van der Waals surface area contributed by atoms with Crippen molar-refractivity contribution in [1.82, 2.24) is 0 Å². The highest BCUT2D eigenvalue weighted by molar-refractivity contribution is 5.87. The quantitative estimate of drug-likeness (QED) is 0.0462. The zero-order chi connectivity index (χ0) is 66.1. The van der Waals surface area contributed by atoms with Crippen molar-refractivity contribution in [2.45, 2.75) is 158 Å². The average molecular weight is 1310 g/mol. The van der Waals surface area contributed by atoms with E-state index in [0.29, 0.717) is 20.1 Å². The van der Waals surface area contributed by atoms with Gasteiger partial charge in [-0.3, -0.25) is 23.9 Å². The molecule has 0 saturated carbocycles. The molecule has 2 atom stereocenters. The summed E-state index contributed by atoms with van der Waals surface area (Å²) in [4.78, 5) is 44.4. The molecular formula is C37H43F33O12. The maximum Gasteiger partial charge on any atom is 0.522 e. The Bertz CT molecular complexity index is 1930. The molecule has 0 radical (unpaired) electrons. The smallest absolute Gasteiger partial charge is 0.466 e. The van der Waals surface area contributed by atoms with Crippen molar-refractivity contribution in [3.63, 3.8) is 0 Å². The lowest BCUT2D eigenvalue weighted by atomic mass is 9.95. The van der Waals surface area contributed by atoms with Crippen LogP contribution in [0.25, 0.3) is 0 Å². The maximum atomic E-state index is 14.0. The van der Waals surface area contributed by atoms with Crippen molar-refractivity contribution in [3.8, 4) is 0 Å². The molecule has 0 bridgehead atoms. The number of methoxy groups -OCH3 is 2. The second-order valence-corrected chi connectivity index (χ2v) is 14.7. The number of halogens is 33. The molecular weight excluding hydrogens is 1260 g/mol. The molecule has 45 heteroatoms. The molecule has 2 unspecified atom stereocenters. The minimum atomic E-state index is -6.74. The molecule has 0 amide bonds. The van der Waals surface area contributed by atoms with Gasteiger partial charge in [0, 0.05) is 40.4 Å². The van der Waals surface area contributed by atoms with Crippen LogP contribution in [0.4, 0.5) is 145 Å². The number of alkyl halides is 33. The van der Waals surface area contributed by atoms with Gasteiger partial charge in [0.2, 0.25) is 0 Å². The third-order valence-corrected chi connectivity index (χ3v) is 8.44. The van der Waals surface area contributed by atoms with E-state index in [0.717, 1.165) is 0 Å². The number of esters is 4. The monoisotopic (exact) mass is 1310 g/mol. The molecule has 0 rings (SSSR count). The van der Waals surface area contributed by atoms with E-state index >= 15 is 0 Å². The van der Waals surface area contributed by atoms with E-state index in [4.69, 9.17) is 14.2 Å². The topological polar surface area (TPSA) is 142 Å². The van der Waals surface area contributed by atoms with Gasteiger partial charge in [0.1, 0.15) is 0 Å². The highest BCUT2D eigenvalue weighted by Gasteiger charge is 2.81. The van der Waals surface area contributed by atoms with Crippen LogP contribution in [-0.4, -0.2) is 162 Å². The summed E-state index contributed by atoms with van der Waals surface area (Å²) < 4.78 is 435. The Kier molecular flexibility index (Phi) is 32.6. The molecule has 0 N–H and O–H groups in total. The van der Waals surface area contributed by atoms with Gasteiger partial charge >= 0.3 is 103 Å². The van der Waals surface area contributed by atoms with Crippen LogP contribution in [0.1, 0.15) is 67.2 Å². The molecule has 0 aliphatic carbocycles. The zero-order valence-corrected chi connectivity index (χ0v) is 40.5. The van der Waals surface area contributed by atoms with Crippen LogP contribution in [0.3, 0.4) is 0 Å². The van der Waals surface area contributed by atoms with Gasteiger partial charge in [0.05, 0.1) is 51.8 Å². The molecule has 82 heavy (non-hydrogen) atoms. The summed E-state index contributed by atoms with van der Waals surface area (Å²) in [5.41, 5.74) is -5.51. The number of carbonyl (C=O) groups excluding carboxylic acids is 4. The number of ether oxygens (including phenoxy) is 8. The Morgan fingerprint density at radius 1 is 0.451 bits per heavy atom. The fourth-order valence-electron chi connectivity index (χ4n) is 4.12. The molecule has 0 aliphatic heterocycles. The molecule has 0 aromatic carbocycles. The van der Waals surface area contributed by atoms with E-state index in [9.17, 15) is 164 Å². The van der Waals surface area contributed by atoms with E-state index in [2.05, 4.69) is 23.7 Å². The molecule has 0 aromatic heterocycles. The highest BCUT2D eigenvalue weighted by Crippen LogP contribution is 2.54. The molecule has 0 saturated heterocycles. The Morgan fingerprint density at radius 3 is 1.12 bits per heavy atom. The van der Waals surface area contributed by atoms with Crippen LogP contribution in [-0.2, 0) is 57.1 Å². The summed E-state index contributed by atoms with van der Waals surface area (Å²) >= 11 is 0. The lowest BCUT2D eigenvalue weighted by Gasteiger charge is -2.35. The Balaban J connectivity index is -0.000000327. The number of carbonyl (C=O) groups is 4. The number of hydrogen-bond acceptors (Lipinski definition) is 12. The number of hydrogen-bond donors (Lipinski definition) is 0. The first-order valence-corrected chi connectivity index (χ1v) is 20.2. The van der Waals surface area contributed by atoms with Crippen LogP contribution in [0.5, 0.6) is 0 Å². The molecule has 0 spiro atoms. The van der Waals surface area contributed by atoms with E-state index < -0.39 is 166 Å². The van der Waals surface area contributed by atoms with Gasteiger partial charge in [-0.1, -0.05) is 14.4 Å². The van der Waals surface area contributed by atoms with Gasteiger partial charge in [0.15, 0.2) is 0 Å². The largest absolute Gasteiger partial charge is 0.522 e. The summed E-state index contributed by atoms with van der Waals surface area (Å²) in [5, 5.41) is 0. The molecule has 494 valence electrons. The second-order valence-electron chi connectivity index (χ2n) is 14.7. The maximum absolute atomic E-state index is 14.0. The van der Waals surface area contributed by atoms with Crippen LogP contribution in [0, 0.1) is 5.92 Å². The Morgan fingerprint density at radius 2 is 0.817 bits per heavy atom. The molecule has 12 nitrogen and oxygen atoms in total. The van der Waals surface area contributed by atoms with Gasteiger partial charge in [-0.25, -0.2) is 18.0 Å². The summed E-state index contributed by atoms with van der Waals surface area (Å²) in [6.07, 6.45) is -52.5. The van der Waals surface area contributed by atoms with Crippen LogP contribution in [0.2, 0.25) is 0 Å². The van der Waals surface area contributed by atoms with E-state index in [1.807, 2.05) is 0 Å². The van der Waals surface area contributed by atoms with Crippen molar-refractivity contribution >= 4 is 23.9 Å². The lowest BCUT2D eigenvalue weighted by Crippen LogP contribution is -2.62. The van der Waals surface area contributed by atoms with Crippen LogP contribution >= 0.6 is 0 Å². The minimum absolute atomic E-state index is 0. The molecule has 0 aliphatic rings. The highest BCUT2D eigenvalue weighted by atomic mass is 19.4. The fourth-order valence-corrected chi connectivity index (χ4v) is 4.12. The summed E-state index contributed by atoms with van der Waals surface area (Å²) in [5.74, 6) is -49.1. The fraction of sp³-hybridized carbons (Fsp3) is 0.892. The summed E-state index contributed by atoms with van der Waals surface area (Å²) in [6.45, 7) is 0.0819. The molecule has 0 fully saturated rings. The summed E-state index contributed by atoms with van der Waals surface area (Å²) in [6, 6.07) is 0. The van der Waals surface area contributed by atoms with Crippen LogP contribution < -0.4 is 0 Å². The molecule has 0 heterocycles. The SMILES string of the molecule is C.CC(F)(F)C(F)(CC(=O)OC(F)(F)C(F)(F)F)C(=O)OC(F)(F)C(F)(F)F.CCC(F)(F)C(F)(F)C(F)(F)CCOC(F)(F)F.CCOC(=O)CC(COC)C(=O)OCC.COC(F)(F)C(F)(F)C(F)(F)C(F)(F)CCOC(F)(F)F. The van der Waals surface area contributed by atoms with E-state index in [-0.39, 0.29) is 27.6 Å². The van der Waals surface area contributed by atoms with Crippen molar-refractivity contribution in [1.29, 1.82) is 0 Å². The standard InChI is InChI=1S/C10H5F13O4.C10H18O5.C8H7F11O2.C8H9F9O.CH4/c1-5(11,12)6(13,4(25)27-10(22,23)8(17,18)19)2-3(24)26-9(20,21)7(14,15)16;1-4-14-9(11)6-8(7-13-3)10(12)15-5-2;1-20-7(15,16)6(13,14)5(11,12)4(9,10)2-3-21-8(17,18)19;1-2-5(9,10)7(13,14)6(11,12)3-4-18-8(15,16)17;/h2H2,1H3;8H,4-7H2,1-3H3;2-3H2,1H3;2-4H2,1H3;1H4. The van der Waals surface area contributed by atoms with Crippen LogP contribution in [0.15, 0.2) is 0 Å². The third-order valence-electron chi connectivity index (χ3n) is 8.44. The van der Waals surface area contributed by atoms with Gasteiger partial charge in [-0.2, -0.15) is 105 Å². The van der Waals surface area contributed by atoms with E-state index in [1.54, 1.807) is 13.8 Å². The zero-order valence-electron chi connectivity index (χ0n) is 40.5. The predicted molar refractivity (Wildman–Crippen MR) is 198 cm³/mol. The normalized spacial score (nSPS) is 14.9. The average Bonchev–Trinajstić information content (AvgIpc) is 3.24. The van der Waals surface area contributed by atoms with Gasteiger partial charge in [-0.05, 0) is 13.8 Å². The first-order chi connectivity index (χ1) is 35.4. The first kappa shape index (κ1) is 86.2. The Hall–Kier alpha value is -4.59. The van der Waals surface area contributed by atoms with E-state index in [1.165, 1.54) is 7.11 Å². The van der Waals surface area contributed by atoms with Crippen molar-refractivity contribution < 1.29 is 202 Å². The predicted octanol–water partition coefficient (Wildman–Crippen LogP) is 13.8. The van der Waals surface area contributed by atoms with Gasteiger partial charge < -0.3 is 28.4 Å². The van der Waals surface area contributed by atoms with Crippen molar-refractivity contribution in [2.75, 3.05) is 47.3 Å². The van der Waals surface area contributed by atoms with Crippen molar-refractivity contribution in [2.24, 2.45) is 5.92 Å². The van der Waals surface area contributed by atoms with Gasteiger partial charge in [-0.15, -0.1) is 26.3 Å². The first-order valence-electron chi connectivity index (χ1n) is 20.2. The Labute approximate surface area is 437 Å². The minimum Gasteiger partial charge on any atom is -0.466 e. The third kappa shape index (κ3) is 25.7. The summed E-state index contributed by atoms with van der Waals surface area (Å²) in [7, 11) is 1.33. The second kappa shape index (κ2) is 31.0. The molecule has 0 aromatic rings. The van der Waals surface area contributed by atoms with Crippen molar-refractivity contribution in [3.05, 3.63) is 0 Å². The number of rotatable bonds is 26. The van der Waals surface area contributed by atoms with Gasteiger partial charge in [0.25, 0.3) is 11.6 Å².